The van der Waals surface area contributed by atoms with Crippen molar-refractivity contribution in [3.8, 4) is 17.2 Å². The average molecular weight is 442 g/mol. The van der Waals surface area contributed by atoms with Gasteiger partial charge in [0, 0.05) is 32.2 Å². The molecule has 0 aromatic carbocycles. The van der Waals surface area contributed by atoms with Crippen LogP contribution in [0.3, 0.4) is 0 Å². The van der Waals surface area contributed by atoms with Crippen LogP contribution in [-0.2, 0) is 4.79 Å². The van der Waals surface area contributed by atoms with Gasteiger partial charge in [-0.05, 0) is 37.6 Å². The summed E-state index contributed by atoms with van der Waals surface area (Å²) in [6, 6.07) is 8.98. The molecule has 4 aromatic rings. The van der Waals surface area contributed by atoms with E-state index in [9.17, 15) is 4.79 Å². The van der Waals surface area contributed by atoms with E-state index in [1.807, 2.05) is 25.1 Å². The van der Waals surface area contributed by atoms with Gasteiger partial charge in [0.15, 0.2) is 5.82 Å². The van der Waals surface area contributed by atoms with Gasteiger partial charge in [0.05, 0.1) is 35.2 Å². The SMILES string of the molecule is CC(Nc1nccc(-c2cccc(-n3cc(C4CCN(C)C4=O)nn3)n2)n1)c1ncccn1. The third kappa shape index (κ3) is 4.25. The van der Waals surface area contributed by atoms with Gasteiger partial charge in [-0.3, -0.25) is 4.79 Å². The largest absolute Gasteiger partial charge is 0.345 e. The summed E-state index contributed by atoms with van der Waals surface area (Å²) in [6.07, 6.45) is 7.58. The van der Waals surface area contributed by atoms with Gasteiger partial charge in [-0.15, -0.1) is 5.10 Å². The normalized spacial score (nSPS) is 16.7. The minimum atomic E-state index is -0.252. The number of nitrogens with one attached hydrogen (secondary N) is 1. The van der Waals surface area contributed by atoms with Crippen LogP contribution in [-0.4, -0.2) is 64.3 Å². The lowest BCUT2D eigenvalue weighted by atomic mass is 10.1. The number of likely N-dealkylation sites (tertiary alicyclic amines) is 1. The van der Waals surface area contributed by atoms with E-state index in [4.69, 9.17) is 0 Å². The topological polar surface area (TPSA) is 128 Å². The van der Waals surface area contributed by atoms with E-state index in [1.165, 1.54) is 0 Å². The Morgan fingerprint density at radius 1 is 1.03 bits per heavy atom. The van der Waals surface area contributed by atoms with Crippen LogP contribution < -0.4 is 5.32 Å². The predicted molar refractivity (Wildman–Crippen MR) is 119 cm³/mol. The van der Waals surface area contributed by atoms with Crippen LogP contribution in [0.2, 0.25) is 0 Å². The third-order valence-electron chi connectivity index (χ3n) is 5.50. The minimum absolute atomic E-state index is 0.0694. The lowest BCUT2D eigenvalue weighted by molar-refractivity contribution is -0.127. The Kier molecular flexibility index (Phi) is 5.43. The van der Waals surface area contributed by atoms with Crippen molar-refractivity contribution in [2.24, 2.45) is 0 Å². The fraction of sp³-hybridized carbons (Fsp3) is 0.273. The highest BCUT2D eigenvalue weighted by Gasteiger charge is 2.32. The summed E-state index contributed by atoms with van der Waals surface area (Å²) >= 11 is 0. The molecular formula is C22H22N10O. The molecule has 0 aliphatic carbocycles. The smallest absolute Gasteiger partial charge is 0.231 e. The molecule has 1 N–H and O–H groups in total. The number of hydrogen-bond donors (Lipinski definition) is 1. The molecule has 1 saturated heterocycles. The zero-order chi connectivity index (χ0) is 22.8. The monoisotopic (exact) mass is 442 g/mol. The van der Waals surface area contributed by atoms with Gasteiger partial charge in [0.2, 0.25) is 11.9 Å². The second-order valence-corrected chi connectivity index (χ2v) is 7.81. The third-order valence-corrected chi connectivity index (χ3v) is 5.50. The minimum Gasteiger partial charge on any atom is -0.345 e. The molecule has 4 aromatic heterocycles. The molecule has 5 heterocycles. The van der Waals surface area contributed by atoms with Crippen LogP contribution in [0.15, 0.2) is 55.1 Å². The number of hydrogen-bond acceptors (Lipinski definition) is 9. The first-order valence-corrected chi connectivity index (χ1v) is 10.6. The van der Waals surface area contributed by atoms with Crippen LogP contribution in [0.5, 0.6) is 0 Å². The summed E-state index contributed by atoms with van der Waals surface area (Å²) in [7, 11) is 1.80. The Hall–Kier alpha value is -4.28. The van der Waals surface area contributed by atoms with Crippen LogP contribution in [0.4, 0.5) is 5.95 Å². The van der Waals surface area contributed by atoms with Crippen LogP contribution in [0.25, 0.3) is 17.2 Å². The molecule has 0 radical (unpaired) electrons. The van der Waals surface area contributed by atoms with Crippen molar-refractivity contribution in [3.05, 3.63) is 66.6 Å². The van der Waals surface area contributed by atoms with Gasteiger partial charge in [-0.1, -0.05) is 11.3 Å². The number of anilines is 1. The molecular weight excluding hydrogens is 420 g/mol. The average Bonchev–Trinajstić information content (AvgIpc) is 3.47. The van der Waals surface area contributed by atoms with Crippen molar-refractivity contribution in [3.63, 3.8) is 0 Å². The van der Waals surface area contributed by atoms with E-state index in [0.717, 1.165) is 13.0 Å². The molecule has 2 atom stereocenters. The quantitative estimate of drug-likeness (QED) is 0.477. The maximum atomic E-state index is 12.3. The van der Waals surface area contributed by atoms with Gasteiger partial charge in [-0.2, -0.15) is 0 Å². The van der Waals surface area contributed by atoms with E-state index >= 15 is 0 Å². The maximum absolute atomic E-state index is 12.3. The molecule has 0 bridgehead atoms. The fourth-order valence-corrected chi connectivity index (χ4v) is 3.70. The molecule has 11 heteroatoms. The van der Waals surface area contributed by atoms with Gasteiger partial charge in [0.25, 0.3) is 0 Å². The summed E-state index contributed by atoms with van der Waals surface area (Å²) in [4.78, 5) is 36.1. The highest BCUT2D eigenvalue weighted by Crippen LogP contribution is 2.26. The van der Waals surface area contributed by atoms with Gasteiger partial charge in [0.1, 0.15) is 5.82 Å². The molecule has 1 fully saturated rings. The first-order chi connectivity index (χ1) is 16.1. The molecule has 0 saturated carbocycles. The number of pyridine rings is 1. The van der Waals surface area contributed by atoms with Gasteiger partial charge in [-0.25, -0.2) is 29.6 Å². The van der Waals surface area contributed by atoms with E-state index < -0.39 is 0 Å². The molecule has 0 spiro atoms. The van der Waals surface area contributed by atoms with Crippen LogP contribution in [0, 0.1) is 0 Å². The fourth-order valence-electron chi connectivity index (χ4n) is 3.70. The summed E-state index contributed by atoms with van der Waals surface area (Å²) in [6.45, 7) is 2.67. The van der Waals surface area contributed by atoms with Crippen LogP contribution in [0.1, 0.15) is 36.8 Å². The molecule has 11 nitrogen and oxygen atoms in total. The van der Waals surface area contributed by atoms with Crippen molar-refractivity contribution in [2.75, 3.05) is 18.9 Å². The van der Waals surface area contributed by atoms with E-state index in [1.54, 1.807) is 53.5 Å². The lowest BCUT2D eigenvalue weighted by Gasteiger charge is -2.12. The maximum Gasteiger partial charge on any atom is 0.231 e. The Balaban J connectivity index is 1.37. The van der Waals surface area contributed by atoms with Gasteiger partial charge < -0.3 is 10.2 Å². The molecule has 2 unspecified atom stereocenters. The highest BCUT2D eigenvalue weighted by molar-refractivity contribution is 5.84. The van der Waals surface area contributed by atoms with E-state index in [-0.39, 0.29) is 17.9 Å². The number of nitrogens with zero attached hydrogens (tertiary/aromatic N) is 9. The van der Waals surface area contributed by atoms with Crippen LogP contribution >= 0.6 is 0 Å². The number of rotatable bonds is 6. The first-order valence-electron chi connectivity index (χ1n) is 10.6. The zero-order valence-electron chi connectivity index (χ0n) is 18.2. The van der Waals surface area contributed by atoms with E-state index in [0.29, 0.717) is 34.7 Å². The van der Waals surface area contributed by atoms with Gasteiger partial charge >= 0.3 is 0 Å². The van der Waals surface area contributed by atoms with Crippen molar-refractivity contribution in [1.29, 1.82) is 0 Å². The van der Waals surface area contributed by atoms with E-state index in [2.05, 4.69) is 40.5 Å². The number of amides is 1. The summed E-state index contributed by atoms with van der Waals surface area (Å²) in [5.74, 6) is 1.51. The first kappa shape index (κ1) is 20.6. The Morgan fingerprint density at radius 3 is 2.64 bits per heavy atom. The van der Waals surface area contributed by atoms with Crippen molar-refractivity contribution in [1.82, 2.24) is 44.8 Å². The molecule has 1 amide bonds. The zero-order valence-corrected chi connectivity index (χ0v) is 18.2. The number of likely N-dealkylation sites (N-methyl/N-ethyl adjacent to an activating group) is 1. The second kappa shape index (κ2) is 8.69. The Morgan fingerprint density at radius 2 is 1.85 bits per heavy atom. The van der Waals surface area contributed by atoms with Crippen molar-refractivity contribution >= 4 is 11.9 Å². The molecule has 1 aliphatic heterocycles. The molecule has 33 heavy (non-hydrogen) atoms. The van der Waals surface area contributed by atoms with Crippen molar-refractivity contribution < 1.29 is 4.79 Å². The lowest BCUT2D eigenvalue weighted by Crippen LogP contribution is -2.21. The highest BCUT2D eigenvalue weighted by atomic mass is 16.2. The molecule has 1 aliphatic rings. The number of aromatic nitrogens is 8. The Bertz CT molecular complexity index is 1270. The standard InChI is InChI=1S/C22H22N10O/c1-14(20-23-9-4-10-24-20)26-22-25-11-7-17(28-22)16-5-3-6-19(27-16)32-13-18(29-30-32)15-8-12-31(2)21(15)33/h3-7,9-11,13-15H,8,12H2,1-2H3,(H,25,26,28). The Labute approximate surface area is 190 Å². The number of carbonyl (C=O) groups is 1. The summed E-state index contributed by atoms with van der Waals surface area (Å²) < 4.78 is 1.58. The molecule has 166 valence electrons. The predicted octanol–water partition coefficient (Wildman–Crippen LogP) is 2.03. The van der Waals surface area contributed by atoms with Crippen molar-refractivity contribution in [2.45, 2.75) is 25.3 Å². The summed E-state index contributed by atoms with van der Waals surface area (Å²) in [5.41, 5.74) is 1.97. The molecule has 5 rings (SSSR count). The second-order valence-electron chi connectivity index (χ2n) is 7.81. The number of carbonyl (C=O) groups excluding carboxylic acids is 1. The summed E-state index contributed by atoms with van der Waals surface area (Å²) in [5, 5.41) is 11.6.